The Morgan fingerprint density at radius 3 is 2.21 bits per heavy atom. The quantitative estimate of drug-likeness (QED) is 0.0739. The summed E-state index contributed by atoms with van der Waals surface area (Å²) in [5.74, 6) is 2.86. The maximum atomic E-state index is 9.07. The number of hydrogen-bond donors (Lipinski definition) is 9. The van der Waals surface area contributed by atoms with E-state index in [1.54, 1.807) is 55.1 Å². The fourth-order valence-corrected chi connectivity index (χ4v) is 7.48. The standard InChI is InChI=1S/C42H34N16/c43-37(44)22-4-7-26-30(18-22)55-35(52-26)10-11-36-53-29-12-13-42(41(45)46,21-33(29)56-36)25(40-57-28-9-6-24(20-32(28)58-40)39-49-16-17-50-39)2-1-3-34-51-27-8-5-23(19-31(27)54-34)38-47-14-15-48-38/h1,3-21,25,56H,2H2,(H3,43,44)(H3,45,46)(H,47,48)(H,49,50)(H,51,54)(H,57,58). The minimum atomic E-state index is -1.09. The van der Waals surface area contributed by atoms with Crippen LogP contribution in [0.15, 0.2) is 113 Å². The van der Waals surface area contributed by atoms with Gasteiger partial charge in [-0.2, -0.15) is 0 Å². The summed E-state index contributed by atoms with van der Waals surface area (Å²) >= 11 is 0. The Balaban J connectivity index is 1.02. The SMILES string of the molecule is N=C(N)c1ccc2c(c1)=NC(=CC=c1nc3c([nH]1)=CC(C(=N)N)(C(CC=Cc1nc4ccc(-c5ncc[nH]5)cc4[nH]1)c1nc4ccc(-c5ncc[nH]5)cc4[nH]1)C=C3)N=2. The van der Waals surface area contributed by atoms with Gasteiger partial charge in [-0.15, -0.1) is 0 Å². The number of H-pyrrole nitrogens is 5. The first kappa shape index (κ1) is 34.2. The molecule has 0 bridgehead atoms. The van der Waals surface area contributed by atoms with Crippen molar-refractivity contribution >= 4 is 58.0 Å². The Kier molecular flexibility index (Phi) is 7.96. The third-order valence-electron chi connectivity index (χ3n) is 10.4. The molecule has 6 heterocycles. The van der Waals surface area contributed by atoms with Gasteiger partial charge < -0.3 is 36.4 Å². The summed E-state index contributed by atoms with van der Waals surface area (Å²) in [5.41, 5.74) is 18.2. The highest BCUT2D eigenvalue weighted by atomic mass is 15.0. The maximum Gasteiger partial charge on any atom is 0.153 e. The molecule has 282 valence electrons. The lowest BCUT2D eigenvalue weighted by atomic mass is 9.70. The van der Waals surface area contributed by atoms with Crippen LogP contribution in [0, 0.1) is 16.2 Å². The van der Waals surface area contributed by atoms with Gasteiger partial charge in [-0.25, -0.2) is 34.9 Å². The van der Waals surface area contributed by atoms with Crippen molar-refractivity contribution in [2.75, 3.05) is 0 Å². The molecule has 0 saturated carbocycles. The molecule has 10 rings (SSSR count). The van der Waals surface area contributed by atoms with E-state index in [2.05, 4.69) is 44.9 Å². The number of nitrogens with zero attached hydrogens (tertiary/aromatic N) is 7. The smallest absolute Gasteiger partial charge is 0.153 e. The molecule has 0 fully saturated rings. The lowest BCUT2D eigenvalue weighted by Crippen LogP contribution is -2.41. The van der Waals surface area contributed by atoms with E-state index in [-0.39, 0.29) is 11.7 Å². The van der Waals surface area contributed by atoms with E-state index in [1.165, 1.54) is 0 Å². The van der Waals surface area contributed by atoms with E-state index in [4.69, 9.17) is 37.2 Å². The molecule has 5 aromatic heterocycles. The predicted molar refractivity (Wildman–Crippen MR) is 222 cm³/mol. The Morgan fingerprint density at radius 2 is 1.50 bits per heavy atom. The number of amidine groups is 2. The molecule has 2 atom stereocenters. The minimum absolute atomic E-state index is 0.0291. The van der Waals surface area contributed by atoms with Gasteiger partial charge in [0.15, 0.2) is 5.82 Å². The molecule has 11 N–H and O–H groups in total. The Hall–Kier alpha value is -8.27. The fraction of sp³-hybridized carbons (Fsp3) is 0.0714. The first-order valence-electron chi connectivity index (χ1n) is 18.4. The largest absolute Gasteiger partial charge is 0.387 e. The number of nitrogens with one attached hydrogen (secondary N) is 7. The second-order valence-corrected chi connectivity index (χ2v) is 14.1. The van der Waals surface area contributed by atoms with Crippen molar-refractivity contribution in [2.45, 2.75) is 12.3 Å². The third kappa shape index (κ3) is 6.10. The van der Waals surface area contributed by atoms with Gasteiger partial charge in [-0.1, -0.05) is 12.2 Å². The Labute approximate surface area is 327 Å². The van der Waals surface area contributed by atoms with Crippen LogP contribution in [-0.4, -0.2) is 61.5 Å². The number of aromatic amines is 5. The zero-order chi connectivity index (χ0) is 39.4. The molecule has 0 radical (unpaired) electrons. The van der Waals surface area contributed by atoms with Gasteiger partial charge >= 0.3 is 0 Å². The average Bonchev–Trinajstić information content (AvgIpc) is 4.08. The number of aromatic nitrogens is 10. The molecule has 0 spiro atoms. The van der Waals surface area contributed by atoms with Gasteiger partial charge in [0.05, 0.1) is 49.2 Å². The van der Waals surface area contributed by atoms with Crippen molar-refractivity contribution in [3.05, 3.63) is 148 Å². The maximum absolute atomic E-state index is 9.07. The fourth-order valence-electron chi connectivity index (χ4n) is 7.48. The van der Waals surface area contributed by atoms with E-state index in [1.807, 2.05) is 66.8 Å². The topological polar surface area (TPSA) is 268 Å². The molecule has 8 aromatic rings. The van der Waals surface area contributed by atoms with Gasteiger partial charge in [-0.05, 0) is 91.4 Å². The van der Waals surface area contributed by atoms with Crippen molar-refractivity contribution in [2.24, 2.45) is 26.9 Å². The molecular formula is C42H34N16. The summed E-state index contributed by atoms with van der Waals surface area (Å²) in [6.45, 7) is 0. The molecule has 16 nitrogen and oxygen atoms in total. The molecular weight excluding hydrogens is 729 g/mol. The molecule has 58 heavy (non-hydrogen) atoms. The molecule has 1 aliphatic carbocycles. The number of allylic oxidation sites excluding steroid dienone is 2. The Morgan fingerprint density at radius 1 is 0.776 bits per heavy atom. The molecule has 1 aliphatic heterocycles. The monoisotopic (exact) mass is 762 g/mol. The molecule has 2 aliphatic rings. The highest BCUT2D eigenvalue weighted by molar-refractivity contribution is 5.96. The van der Waals surface area contributed by atoms with Crippen LogP contribution in [0.2, 0.25) is 0 Å². The van der Waals surface area contributed by atoms with Crippen molar-refractivity contribution < 1.29 is 0 Å². The minimum Gasteiger partial charge on any atom is -0.387 e. The van der Waals surface area contributed by atoms with E-state index in [0.717, 1.165) is 44.8 Å². The zero-order valence-corrected chi connectivity index (χ0v) is 30.6. The number of fused-ring (bicyclic) bond motifs is 4. The molecule has 3 aromatic carbocycles. The third-order valence-corrected chi connectivity index (χ3v) is 10.4. The van der Waals surface area contributed by atoms with Crippen LogP contribution >= 0.6 is 0 Å². The van der Waals surface area contributed by atoms with Gasteiger partial charge in [0.25, 0.3) is 0 Å². The van der Waals surface area contributed by atoms with E-state index in [9.17, 15) is 0 Å². The number of hydrogen-bond acceptors (Lipinski definition) is 9. The highest BCUT2D eigenvalue weighted by Gasteiger charge is 2.41. The number of benzene rings is 3. The normalized spacial score (nSPS) is 17.4. The van der Waals surface area contributed by atoms with Crippen LogP contribution in [-0.2, 0) is 0 Å². The Bertz CT molecular complexity index is 3280. The van der Waals surface area contributed by atoms with Crippen molar-refractivity contribution in [3.8, 4) is 22.8 Å². The predicted octanol–water partition coefficient (Wildman–Crippen LogP) is 3.42. The van der Waals surface area contributed by atoms with Crippen molar-refractivity contribution in [1.29, 1.82) is 10.8 Å². The summed E-state index contributed by atoms with van der Waals surface area (Å²) in [7, 11) is 0. The highest BCUT2D eigenvalue weighted by Crippen LogP contribution is 2.43. The number of imidazole rings is 5. The molecule has 2 unspecified atom stereocenters. The van der Waals surface area contributed by atoms with Crippen LogP contribution < -0.4 is 33.0 Å². The first-order chi connectivity index (χ1) is 28.3. The molecule has 0 saturated heterocycles. The van der Waals surface area contributed by atoms with Crippen molar-refractivity contribution in [1.82, 2.24) is 49.8 Å². The van der Waals surface area contributed by atoms with E-state index >= 15 is 0 Å². The van der Waals surface area contributed by atoms with Crippen molar-refractivity contribution in [3.63, 3.8) is 0 Å². The van der Waals surface area contributed by atoms with Gasteiger partial charge in [0.1, 0.15) is 40.4 Å². The van der Waals surface area contributed by atoms with E-state index in [0.29, 0.717) is 56.7 Å². The van der Waals surface area contributed by atoms with Gasteiger partial charge in [0.2, 0.25) is 0 Å². The van der Waals surface area contributed by atoms with Crippen LogP contribution in [0.1, 0.15) is 35.2 Å². The number of rotatable bonds is 10. The second kappa shape index (κ2) is 13.5. The summed E-state index contributed by atoms with van der Waals surface area (Å²) in [6, 6.07) is 17.2. The number of nitrogen functional groups attached to an aromatic ring is 1. The lowest BCUT2D eigenvalue weighted by Gasteiger charge is -2.34. The molecule has 0 amide bonds. The number of nitrogens with two attached hydrogens (primary N) is 2. The van der Waals surface area contributed by atoms with Crippen LogP contribution in [0.3, 0.4) is 0 Å². The summed E-state index contributed by atoms with van der Waals surface area (Å²) in [5, 5.41) is 18.9. The summed E-state index contributed by atoms with van der Waals surface area (Å²) in [4.78, 5) is 49.3. The molecule has 16 heteroatoms. The summed E-state index contributed by atoms with van der Waals surface area (Å²) in [6.07, 6.45) is 20.8. The van der Waals surface area contributed by atoms with Crippen LogP contribution in [0.25, 0.3) is 69.1 Å². The zero-order valence-electron chi connectivity index (χ0n) is 30.6. The lowest BCUT2D eigenvalue weighted by molar-refractivity contribution is 0.510. The second-order valence-electron chi connectivity index (χ2n) is 14.1. The average molecular weight is 763 g/mol. The van der Waals surface area contributed by atoms with Crippen LogP contribution in [0.5, 0.6) is 0 Å². The van der Waals surface area contributed by atoms with Gasteiger partial charge in [-0.3, -0.25) is 10.8 Å². The summed E-state index contributed by atoms with van der Waals surface area (Å²) < 4.78 is 0. The first-order valence-corrected chi connectivity index (χ1v) is 18.4. The van der Waals surface area contributed by atoms with Crippen LogP contribution in [0.4, 0.5) is 0 Å². The van der Waals surface area contributed by atoms with E-state index < -0.39 is 11.3 Å². The van der Waals surface area contributed by atoms with Gasteiger partial charge in [0, 0.05) is 47.4 Å².